The van der Waals surface area contributed by atoms with Crippen LogP contribution in [0.4, 0.5) is 0 Å². The Hall–Kier alpha value is -1.25. The third kappa shape index (κ3) is 77.6. The number of ether oxygens (including phenoxy) is 2. The number of rotatable bonds is 78. The molecule has 0 aromatic heterocycles. The number of carbonyl (C=O) groups is 2. The minimum atomic E-state index is -4.64. The van der Waals surface area contributed by atoms with E-state index in [0.717, 1.165) is 32.1 Å². The number of phosphoric acid groups is 1. The Kier molecular flexibility index (Phi) is 72.0. The molecule has 0 aliphatic rings. The van der Waals surface area contributed by atoms with Crippen molar-refractivity contribution >= 4 is 19.8 Å². The van der Waals surface area contributed by atoms with Crippen LogP contribution in [0.25, 0.3) is 0 Å². The second-order valence-electron chi connectivity index (χ2n) is 29.5. The number of unbranched alkanes of at least 4 members (excludes halogenated alkanes) is 62. The Morgan fingerprint density at radius 3 is 0.813 bits per heavy atom. The van der Waals surface area contributed by atoms with Gasteiger partial charge in [0.25, 0.3) is 7.82 Å². The molecule has 0 radical (unpaired) electrons. The molecule has 2 unspecified atom stereocenters. The fraction of sp³-hybridized carbons (Fsp3) is 0.951. The largest absolute Gasteiger partial charge is 0.756 e. The highest BCUT2D eigenvalue weighted by molar-refractivity contribution is 7.45. The molecule has 0 aliphatic carbocycles. The van der Waals surface area contributed by atoms with Crippen molar-refractivity contribution in [2.75, 3.05) is 47.5 Å². The lowest BCUT2D eigenvalue weighted by atomic mass is 10.0. The van der Waals surface area contributed by atoms with Gasteiger partial charge < -0.3 is 27.9 Å². The highest BCUT2D eigenvalue weighted by Crippen LogP contribution is 2.38. The molecular weight excluding hydrogens is 1150 g/mol. The summed E-state index contributed by atoms with van der Waals surface area (Å²) in [5.41, 5.74) is 0. The highest BCUT2D eigenvalue weighted by Gasteiger charge is 2.22. The molecule has 542 valence electrons. The van der Waals surface area contributed by atoms with Gasteiger partial charge >= 0.3 is 11.9 Å². The van der Waals surface area contributed by atoms with E-state index in [9.17, 15) is 19.0 Å². The molecule has 0 fully saturated rings. The van der Waals surface area contributed by atoms with Gasteiger partial charge in [-0.25, -0.2) is 0 Å². The van der Waals surface area contributed by atoms with E-state index in [2.05, 4.69) is 26.0 Å². The molecule has 10 heteroatoms. The summed E-state index contributed by atoms with van der Waals surface area (Å²) in [4.78, 5) is 38.2. The van der Waals surface area contributed by atoms with Crippen LogP contribution in [-0.2, 0) is 32.7 Å². The van der Waals surface area contributed by atoms with E-state index >= 15 is 0 Å². The number of esters is 2. The average Bonchev–Trinajstić information content (AvgIpc) is 3.30. The van der Waals surface area contributed by atoms with E-state index in [1.165, 1.54) is 379 Å². The maximum Gasteiger partial charge on any atom is 0.306 e. The summed E-state index contributed by atoms with van der Waals surface area (Å²) in [6.07, 6.45) is 92.1. The molecule has 2 atom stereocenters. The van der Waals surface area contributed by atoms with Crippen molar-refractivity contribution in [1.82, 2.24) is 0 Å². The quantitative estimate of drug-likeness (QED) is 0.0195. The van der Waals surface area contributed by atoms with Crippen molar-refractivity contribution in [2.24, 2.45) is 0 Å². The summed E-state index contributed by atoms with van der Waals surface area (Å²) in [7, 11) is 1.20. The second kappa shape index (κ2) is 73.0. The van der Waals surface area contributed by atoms with Crippen LogP contribution in [-0.4, -0.2) is 70.0 Å². The van der Waals surface area contributed by atoms with Crippen molar-refractivity contribution < 1.29 is 42.1 Å². The van der Waals surface area contributed by atoms with Gasteiger partial charge in [-0.05, 0) is 38.5 Å². The number of nitrogens with zero attached hydrogens (tertiary/aromatic N) is 1. The van der Waals surface area contributed by atoms with Gasteiger partial charge in [-0.3, -0.25) is 14.2 Å². The van der Waals surface area contributed by atoms with E-state index in [1.54, 1.807) is 0 Å². The first-order chi connectivity index (χ1) is 44.5. The topological polar surface area (TPSA) is 111 Å². The molecule has 0 spiro atoms. The van der Waals surface area contributed by atoms with Crippen LogP contribution < -0.4 is 4.89 Å². The lowest BCUT2D eigenvalue weighted by molar-refractivity contribution is -0.870. The van der Waals surface area contributed by atoms with Gasteiger partial charge in [0.1, 0.15) is 19.8 Å². The predicted octanol–water partition coefficient (Wildman–Crippen LogP) is 26.4. The summed E-state index contributed by atoms with van der Waals surface area (Å²) in [5.74, 6) is -0.803. The zero-order chi connectivity index (χ0) is 66.2. The summed E-state index contributed by atoms with van der Waals surface area (Å²) in [6, 6.07) is 0. The standard InChI is InChI=1S/C81H160NO8P/c1-6-8-10-12-14-16-18-20-22-24-26-28-30-32-34-36-38-39-40-41-42-44-45-47-49-51-53-55-57-59-61-63-65-67-69-71-73-80(83)87-77-79(78-89-91(85,86)88-76-75-82(3,4)5)90-81(84)74-72-70-68-66-64-62-60-58-56-54-52-50-48-46-43-37-35-33-31-29-27-25-23-21-19-17-15-13-11-9-7-2/h25,27,79H,6-24,26,28-78H2,1-5H3/b27-25-. The van der Waals surface area contributed by atoms with Crippen LogP contribution in [0.5, 0.6) is 0 Å². The number of carbonyl (C=O) groups excluding carboxylic acids is 2. The Labute approximate surface area is 568 Å². The number of hydrogen-bond donors (Lipinski definition) is 0. The van der Waals surface area contributed by atoms with Crippen molar-refractivity contribution in [2.45, 2.75) is 450 Å². The van der Waals surface area contributed by atoms with Crippen molar-refractivity contribution in [3.63, 3.8) is 0 Å². The van der Waals surface area contributed by atoms with Gasteiger partial charge in [0.15, 0.2) is 6.10 Å². The van der Waals surface area contributed by atoms with Crippen LogP contribution in [0.1, 0.15) is 444 Å². The smallest absolute Gasteiger partial charge is 0.306 e. The Morgan fingerprint density at radius 2 is 0.560 bits per heavy atom. The monoisotopic (exact) mass is 1310 g/mol. The molecule has 0 heterocycles. The van der Waals surface area contributed by atoms with Gasteiger partial charge in [-0.15, -0.1) is 0 Å². The van der Waals surface area contributed by atoms with Crippen LogP contribution in [0.15, 0.2) is 12.2 Å². The highest BCUT2D eigenvalue weighted by atomic mass is 31.2. The Morgan fingerprint density at radius 1 is 0.330 bits per heavy atom. The maximum absolute atomic E-state index is 12.9. The van der Waals surface area contributed by atoms with Crippen molar-refractivity contribution in [3.05, 3.63) is 12.2 Å². The molecule has 0 aliphatic heterocycles. The molecular formula is C81H160NO8P. The van der Waals surface area contributed by atoms with E-state index < -0.39 is 26.5 Å². The molecule has 0 saturated carbocycles. The molecule has 0 bridgehead atoms. The Bertz CT molecular complexity index is 1540. The van der Waals surface area contributed by atoms with Crippen molar-refractivity contribution in [1.29, 1.82) is 0 Å². The van der Waals surface area contributed by atoms with Gasteiger partial charge in [0, 0.05) is 12.8 Å². The zero-order valence-corrected chi connectivity index (χ0v) is 63.0. The first kappa shape index (κ1) is 89.8. The Balaban J connectivity index is 3.88. The predicted molar refractivity (Wildman–Crippen MR) is 393 cm³/mol. The van der Waals surface area contributed by atoms with E-state index in [4.69, 9.17) is 18.5 Å². The fourth-order valence-corrected chi connectivity index (χ4v) is 13.5. The van der Waals surface area contributed by atoms with Gasteiger partial charge in [0.2, 0.25) is 0 Å². The number of phosphoric ester groups is 1. The number of hydrogen-bond acceptors (Lipinski definition) is 8. The minimum Gasteiger partial charge on any atom is -0.756 e. The third-order valence-corrected chi connectivity index (χ3v) is 20.0. The molecule has 0 aromatic carbocycles. The summed E-state index contributed by atoms with van der Waals surface area (Å²) in [6.45, 7) is 4.34. The van der Waals surface area contributed by atoms with Crippen LogP contribution >= 0.6 is 7.82 Å². The summed E-state index contributed by atoms with van der Waals surface area (Å²) >= 11 is 0. The first-order valence-electron chi connectivity index (χ1n) is 40.9. The van der Waals surface area contributed by atoms with Crippen molar-refractivity contribution in [3.8, 4) is 0 Å². The minimum absolute atomic E-state index is 0.0257. The summed E-state index contributed by atoms with van der Waals surface area (Å²) in [5, 5.41) is 0. The van der Waals surface area contributed by atoms with Gasteiger partial charge in [-0.1, -0.05) is 405 Å². The normalized spacial score (nSPS) is 13.0. The molecule has 9 nitrogen and oxygen atoms in total. The maximum atomic E-state index is 12.9. The summed E-state index contributed by atoms with van der Waals surface area (Å²) < 4.78 is 34.4. The van der Waals surface area contributed by atoms with Crippen LogP contribution in [0.2, 0.25) is 0 Å². The lowest BCUT2D eigenvalue weighted by Gasteiger charge is -2.28. The van der Waals surface area contributed by atoms with Crippen LogP contribution in [0, 0.1) is 0 Å². The SMILES string of the molecule is CCCCCCCCCC/C=C\CCCCCCCCCCCCCCCCCCCCCC(=O)OC(COC(=O)CCCCCCCCCCCCCCCCCCCCCCCCCCCCCCCCCCCCCC)COP(=O)([O-])OCC[N+](C)(C)C. The van der Waals surface area contributed by atoms with Crippen LogP contribution in [0.3, 0.4) is 0 Å². The number of quaternary nitrogens is 1. The third-order valence-electron chi connectivity index (χ3n) is 19.0. The second-order valence-corrected chi connectivity index (χ2v) is 30.9. The van der Waals surface area contributed by atoms with Gasteiger partial charge in [-0.2, -0.15) is 0 Å². The molecule has 0 saturated heterocycles. The lowest BCUT2D eigenvalue weighted by Crippen LogP contribution is -2.37. The molecule has 0 rings (SSSR count). The number of allylic oxidation sites excluding steroid dienone is 2. The zero-order valence-electron chi connectivity index (χ0n) is 62.1. The fourth-order valence-electron chi connectivity index (χ4n) is 12.8. The van der Waals surface area contributed by atoms with E-state index in [-0.39, 0.29) is 32.0 Å². The molecule has 0 aromatic rings. The first-order valence-corrected chi connectivity index (χ1v) is 42.4. The van der Waals surface area contributed by atoms with E-state index in [1.807, 2.05) is 21.1 Å². The molecule has 0 N–H and O–H groups in total. The average molecular weight is 1310 g/mol. The van der Waals surface area contributed by atoms with Gasteiger partial charge in [0.05, 0.1) is 27.7 Å². The number of likely N-dealkylation sites (N-methyl/N-ethyl adjacent to an activating group) is 1. The van der Waals surface area contributed by atoms with E-state index in [0.29, 0.717) is 17.4 Å². The molecule has 91 heavy (non-hydrogen) atoms. The molecule has 0 amide bonds.